The first-order valence-electron chi connectivity index (χ1n) is 7.01. The van der Waals surface area contributed by atoms with Gasteiger partial charge in [0.15, 0.2) is 5.82 Å². The number of nitrogens with zero attached hydrogens (tertiary/aromatic N) is 2. The fourth-order valence-electron chi connectivity index (χ4n) is 1.87. The van der Waals surface area contributed by atoms with Gasteiger partial charge in [-0.25, -0.2) is 0 Å². The Bertz CT molecular complexity index is 597. The molecule has 0 fully saturated rings. The van der Waals surface area contributed by atoms with E-state index in [4.69, 9.17) is 10.3 Å². The van der Waals surface area contributed by atoms with Crippen LogP contribution in [0.25, 0.3) is 0 Å². The van der Waals surface area contributed by atoms with Crippen molar-refractivity contribution in [2.24, 2.45) is 0 Å². The minimum atomic E-state index is -0.328. The van der Waals surface area contributed by atoms with Crippen molar-refractivity contribution in [3.05, 3.63) is 41.5 Å². The lowest BCUT2D eigenvalue weighted by molar-refractivity contribution is 0.330. The van der Waals surface area contributed by atoms with Crippen LogP contribution < -0.4 is 5.73 Å². The first kappa shape index (κ1) is 15.9. The van der Waals surface area contributed by atoms with Gasteiger partial charge in [0.25, 0.3) is 0 Å². The summed E-state index contributed by atoms with van der Waals surface area (Å²) in [5.74, 6) is 2.13. The second-order valence-corrected chi connectivity index (χ2v) is 8.47. The highest BCUT2D eigenvalue weighted by Gasteiger charge is 2.30. The molecular weight excluding hydrogens is 282 g/mol. The fourth-order valence-corrected chi connectivity index (χ4v) is 2.55. The van der Waals surface area contributed by atoms with Gasteiger partial charge in [-0.1, -0.05) is 38.1 Å². The molecule has 0 atom stereocenters. The quantitative estimate of drug-likeness (QED) is 0.865. The molecule has 1 heterocycles. The minimum Gasteiger partial charge on any atom is -0.399 e. The molecule has 2 aromatic rings. The molecule has 4 nitrogen and oxygen atoms in total. The number of nitrogen functional groups attached to an aromatic ring is 1. The largest absolute Gasteiger partial charge is 0.399 e. The molecule has 0 aliphatic heterocycles. The van der Waals surface area contributed by atoms with Crippen LogP contribution in [0, 0.1) is 0 Å². The van der Waals surface area contributed by atoms with E-state index in [-0.39, 0.29) is 10.2 Å². The van der Waals surface area contributed by atoms with E-state index in [1.54, 1.807) is 11.8 Å². The molecule has 0 amide bonds. The molecule has 1 aromatic heterocycles. The number of hydrogen-bond acceptors (Lipinski definition) is 5. The molecule has 0 aliphatic carbocycles. The smallest absolute Gasteiger partial charge is 0.236 e. The molecule has 0 spiro atoms. The highest BCUT2D eigenvalue weighted by atomic mass is 32.2. The first-order chi connectivity index (χ1) is 9.68. The Hall–Kier alpha value is -1.49. The first-order valence-corrected chi connectivity index (χ1v) is 8.00. The molecular formula is C16H23N3OS. The van der Waals surface area contributed by atoms with Crippen LogP contribution in [0.3, 0.4) is 0 Å². The van der Waals surface area contributed by atoms with Gasteiger partial charge in [0.05, 0.1) is 11.2 Å². The van der Waals surface area contributed by atoms with Gasteiger partial charge in [0, 0.05) is 10.4 Å². The van der Waals surface area contributed by atoms with Crippen molar-refractivity contribution in [3.63, 3.8) is 0 Å². The molecule has 0 aliphatic rings. The van der Waals surface area contributed by atoms with Crippen LogP contribution >= 0.6 is 11.8 Å². The molecule has 0 bridgehead atoms. The topological polar surface area (TPSA) is 64.9 Å². The van der Waals surface area contributed by atoms with Gasteiger partial charge >= 0.3 is 0 Å². The highest BCUT2D eigenvalue weighted by Crippen LogP contribution is 2.32. The predicted octanol–water partition coefficient (Wildman–Crippen LogP) is 4.01. The molecule has 0 saturated heterocycles. The second-order valence-electron chi connectivity index (χ2n) is 6.66. The van der Waals surface area contributed by atoms with Gasteiger partial charge in [-0.05, 0) is 31.5 Å². The van der Waals surface area contributed by atoms with Crippen molar-refractivity contribution in [2.45, 2.75) is 50.5 Å². The second kappa shape index (κ2) is 5.72. The van der Waals surface area contributed by atoms with Crippen molar-refractivity contribution in [1.82, 2.24) is 10.1 Å². The summed E-state index contributed by atoms with van der Waals surface area (Å²) in [4.78, 5) is 4.55. The fraction of sp³-hybridized carbons (Fsp3) is 0.500. The van der Waals surface area contributed by atoms with Crippen molar-refractivity contribution < 1.29 is 4.52 Å². The molecule has 21 heavy (non-hydrogen) atoms. The molecule has 0 saturated carbocycles. The third-order valence-corrected chi connectivity index (χ3v) is 4.54. The number of hydrogen-bond donors (Lipinski definition) is 1. The van der Waals surface area contributed by atoms with Crippen LogP contribution in [0.1, 0.15) is 51.9 Å². The van der Waals surface area contributed by atoms with Crippen molar-refractivity contribution >= 4 is 17.4 Å². The maximum absolute atomic E-state index is 5.74. The number of thioether (sulfide) groups is 1. The summed E-state index contributed by atoms with van der Waals surface area (Å²) in [6.45, 7) is 10.7. The Morgan fingerprint density at radius 1 is 1.10 bits per heavy atom. The van der Waals surface area contributed by atoms with Gasteiger partial charge in [-0.2, -0.15) is 4.98 Å². The lowest BCUT2D eigenvalue weighted by atomic mass is 9.84. The Morgan fingerprint density at radius 3 is 2.29 bits per heavy atom. The standard InChI is InChI=1S/C16H23N3OS/c1-15(2,3)21-10-13-18-14(20-19-13)16(4,5)11-6-8-12(17)9-7-11/h6-9H,10,17H2,1-5H3. The van der Waals surface area contributed by atoms with Gasteiger partial charge in [-0.15, -0.1) is 11.8 Å². The number of aromatic nitrogens is 2. The van der Waals surface area contributed by atoms with E-state index in [9.17, 15) is 0 Å². The minimum absolute atomic E-state index is 0.188. The third kappa shape index (κ3) is 4.00. The van der Waals surface area contributed by atoms with Gasteiger partial charge in [-0.3, -0.25) is 0 Å². The highest BCUT2D eigenvalue weighted by molar-refractivity contribution is 7.99. The zero-order valence-corrected chi connectivity index (χ0v) is 14.1. The summed E-state index contributed by atoms with van der Waals surface area (Å²) >= 11 is 1.81. The SMILES string of the molecule is CC(C)(C)SCc1noc(C(C)(C)c2ccc(N)cc2)n1. The van der Waals surface area contributed by atoms with Crippen LogP contribution in [-0.2, 0) is 11.2 Å². The lowest BCUT2D eigenvalue weighted by Crippen LogP contribution is -2.19. The van der Waals surface area contributed by atoms with Crippen LogP contribution in [0.15, 0.2) is 28.8 Å². The van der Waals surface area contributed by atoms with E-state index in [0.717, 1.165) is 22.8 Å². The number of anilines is 1. The van der Waals surface area contributed by atoms with Crippen LogP contribution in [0.5, 0.6) is 0 Å². The number of nitrogens with two attached hydrogens (primary N) is 1. The van der Waals surface area contributed by atoms with Gasteiger partial charge in [0.2, 0.25) is 5.89 Å². The normalized spacial score (nSPS) is 12.6. The number of rotatable bonds is 4. The van der Waals surface area contributed by atoms with Crippen LogP contribution in [-0.4, -0.2) is 14.9 Å². The summed E-state index contributed by atoms with van der Waals surface area (Å²) in [6, 6.07) is 7.79. The van der Waals surface area contributed by atoms with Crippen LogP contribution in [0.2, 0.25) is 0 Å². The Kier molecular flexibility index (Phi) is 4.33. The summed E-state index contributed by atoms with van der Waals surface area (Å²) in [7, 11) is 0. The zero-order chi connectivity index (χ0) is 15.7. The average molecular weight is 305 g/mol. The predicted molar refractivity (Wildman–Crippen MR) is 88.3 cm³/mol. The lowest BCUT2D eigenvalue weighted by Gasteiger charge is -2.20. The van der Waals surface area contributed by atoms with Crippen molar-refractivity contribution in [3.8, 4) is 0 Å². The summed E-state index contributed by atoms with van der Waals surface area (Å²) in [5.41, 5.74) is 7.27. The monoisotopic (exact) mass is 305 g/mol. The maximum Gasteiger partial charge on any atom is 0.236 e. The molecule has 2 rings (SSSR count). The summed E-state index contributed by atoms with van der Waals surface area (Å²) < 4.78 is 5.66. The molecule has 1 aromatic carbocycles. The molecule has 0 radical (unpaired) electrons. The van der Waals surface area contributed by atoms with Gasteiger partial charge < -0.3 is 10.3 Å². The van der Waals surface area contributed by atoms with E-state index in [2.05, 4.69) is 44.8 Å². The van der Waals surface area contributed by atoms with E-state index in [0.29, 0.717) is 5.89 Å². The Balaban J connectivity index is 2.17. The van der Waals surface area contributed by atoms with E-state index < -0.39 is 0 Å². The Labute approximate surface area is 130 Å². The van der Waals surface area contributed by atoms with Crippen LogP contribution in [0.4, 0.5) is 5.69 Å². The average Bonchev–Trinajstić information content (AvgIpc) is 2.85. The summed E-state index contributed by atoms with van der Waals surface area (Å²) in [6.07, 6.45) is 0. The Morgan fingerprint density at radius 2 is 1.71 bits per heavy atom. The van der Waals surface area contributed by atoms with Gasteiger partial charge in [0.1, 0.15) is 0 Å². The van der Waals surface area contributed by atoms with E-state index in [1.807, 2.05) is 24.3 Å². The molecule has 0 unspecified atom stereocenters. The maximum atomic E-state index is 5.74. The molecule has 5 heteroatoms. The third-order valence-electron chi connectivity index (χ3n) is 3.27. The summed E-state index contributed by atoms with van der Waals surface area (Å²) in [5, 5.41) is 4.10. The number of benzene rings is 1. The molecule has 114 valence electrons. The van der Waals surface area contributed by atoms with Crippen molar-refractivity contribution in [2.75, 3.05) is 5.73 Å². The van der Waals surface area contributed by atoms with Crippen molar-refractivity contribution in [1.29, 1.82) is 0 Å². The zero-order valence-electron chi connectivity index (χ0n) is 13.3. The van der Waals surface area contributed by atoms with E-state index in [1.165, 1.54) is 0 Å². The molecule has 2 N–H and O–H groups in total. The van der Waals surface area contributed by atoms with E-state index >= 15 is 0 Å².